The van der Waals surface area contributed by atoms with Crippen LogP contribution >= 0.6 is 0 Å². The molecule has 4 heteroatoms. The zero-order chi connectivity index (χ0) is 13.5. The maximum absolute atomic E-state index is 11.9. The Morgan fingerprint density at radius 2 is 1.94 bits per heavy atom. The molecule has 0 saturated carbocycles. The van der Waals surface area contributed by atoms with Gasteiger partial charge in [-0.05, 0) is 23.6 Å². The summed E-state index contributed by atoms with van der Waals surface area (Å²) in [6, 6.07) is 7.63. The van der Waals surface area contributed by atoms with Gasteiger partial charge in [0, 0.05) is 13.1 Å². The third-order valence-corrected chi connectivity index (χ3v) is 3.02. The molecule has 100 valence electrons. The highest BCUT2D eigenvalue weighted by atomic mass is 16.5. The van der Waals surface area contributed by atoms with Gasteiger partial charge in [-0.25, -0.2) is 0 Å². The van der Waals surface area contributed by atoms with Crippen LogP contribution in [0.1, 0.15) is 19.4 Å². The lowest BCUT2D eigenvalue weighted by Gasteiger charge is -2.18. The summed E-state index contributed by atoms with van der Waals surface area (Å²) in [7, 11) is 1.63. The van der Waals surface area contributed by atoms with Gasteiger partial charge in [0.1, 0.15) is 5.75 Å². The second-order valence-electron chi connectivity index (χ2n) is 4.65. The van der Waals surface area contributed by atoms with Gasteiger partial charge in [0.25, 0.3) is 0 Å². The number of hydrogen-bond donors (Lipinski definition) is 2. The Balaban J connectivity index is 2.51. The molecule has 1 aromatic rings. The summed E-state index contributed by atoms with van der Waals surface area (Å²) in [5.41, 5.74) is 6.65. The molecule has 1 rings (SSSR count). The van der Waals surface area contributed by atoms with Crippen molar-refractivity contribution in [1.82, 2.24) is 5.32 Å². The van der Waals surface area contributed by atoms with Crippen LogP contribution in [0.4, 0.5) is 0 Å². The molecule has 1 atom stereocenters. The van der Waals surface area contributed by atoms with Crippen LogP contribution < -0.4 is 15.8 Å². The highest BCUT2D eigenvalue weighted by Crippen LogP contribution is 2.12. The standard InChI is InChI=1S/C14H22N2O2/c1-10(2)13(8-15)14(17)16-9-11-4-6-12(18-3)7-5-11/h4-7,10,13H,8-9,15H2,1-3H3,(H,16,17). The molecule has 0 bridgehead atoms. The van der Waals surface area contributed by atoms with Crippen molar-refractivity contribution in [2.75, 3.05) is 13.7 Å². The van der Waals surface area contributed by atoms with Crippen LogP contribution in [0.25, 0.3) is 0 Å². The third-order valence-electron chi connectivity index (χ3n) is 3.02. The van der Waals surface area contributed by atoms with Crippen molar-refractivity contribution in [3.8, 4) is 5.75 Å². The van der Waals surface area contributed by atoms with Crippen molar-refractivity contribution in [1.29, 1.82) is 0 Å². The average Bonchev–Trinajstić information content (AvgIpc) is 2.37. The van der Waals surface area contributed by atoms with Gasteiger partial charge in [-0.2, -0.15) is 0 Å². The molecule has 1 amide bonds. The summed E-state index contributed by atoms with van der Waals surface area (Å²) in [5, 5.41) is 2.91. The van der Waals surface area contributed by atoms with Crippen molar-refractivity contribution < 1.29 is 9.53 Å². The second-order valence-corrected chi connectivity index (χ2v) is 4.65. The highest BCUT2D eigenvalue weighted by Gasteiger charge is 2.19. The lowest BCUT2D eigenvalue weighted by atomic mass is 9.95. The molecule has 1 aromatic carbocycles. The van der Waals surface area contributed by atoms with E-state index in [9.17, 15) is 4.79 Å². The predicted octanol–water partition coefficient (Wildman–Crippen LogP) is 1.54. The first-order valence-electron chi connectivity index (χ1n) is 6.19. The molecule has 0 spiro atoms. The van der Waals surface area contributed by atoms with Crippen LogP contribution in [0.5, 0.6) is 5.75 Å². The summed E-state index contributed by atoms with van der Waals surface area (Å²) in [6.45, 7) is 4.91. The van der Waals surface area contributed by atoms with E-state index in [1.807, 2.05) is 38.1 Å². The Morgan fingerprint density at radius 3 is 2.39 bits per heavy atom. The van der Waals surface area contributed by atoms with E-state index in [0.717, 1.165) is 11.3 Å². The van der Waals surface area contributed by atoms with Gasteiger partial charge in [0.05, 0.1) is 13.0 Å². The fourth-order valence-corrected chi connectivity index (χ4v) is 1.75. The highest BCUT2D eigenvalue weighted by molar-refractivity contribution is 5.79. The van der Waals surface area contributed by atoms with Crippen LogP contribution in [0, 0.1) is 11.8 Å². The smallest absolute Gasteiger partial charge is 0.224 e. The summed E-state index contributed by atoms with van der Waals surface area (Å²) < 4.78 is 5.08. The van der Waals surface area contributed by atoms with Gasteiger partial charge in [0.2, 0.25) is 5.91 Å². The molecule has 0 saturated heterocycles. The number of nitrogens with two attached hydrogens (primary N) is 1. The molecule has 1 unspecified atom stereocenters. The first-order chi connectivity index (χ1) is 8.58. The van der Waals surface area contributed by atoms with E-state index >= 15 is 0 Å². The summed E-state index contributed by atoms with van der Waals surface area (Å²) in [5.74, 6) is 0.963. The summed E-state index contributed by atoms with van der Waals surface area (Å²) >= 11 is 0. The van der Waals surface area contributed by atoms with Crippen LogP contribution in [-0.2, 0) is 11.3 Å². The predicted molar refractivity (Wildman–Crippen MR) is 72.2 cm³/mol. The number of amides is 1. The molecule has 0 heterocycles. The molecule has 0 aliphatic carbocycles. The fraction of sp³-hybridized carbons (Fsp3) is 0.500. The molecule has 0 aliphatic heterocycles. The van der Waals surface area contributed by atoms with E-state index in [0.29, 0.717) is 13.1 Å². The lowest BCUT2D eigenvalue weighted by Crippen LogP contribution is -2.37. The van der Waals surface area contributed by atoms with E-state index in [4.69, 9.17) is 10.5 Å². The summed E-state index contributed by atoms with van der Waals surface area (Å²) in [4.78, 5) is 11.9. The van der Waals surface area contributed by atoms with Gasteiger partial charge >= 0.3 is 0 Å². The van der Waals surface area contributed by atoms with Crippen LogP contribution in [0.3, 0.4) is 0 Å². The van der Waals surface area contributed by atoms with E-state index < -0.39 is 0 Å². The third kappa shape index (κ3) is 4.04. The minimum atomic E-state index is -0.122. The SMILES string of the molecule is COc1ccc(CNC(=O)C(CN)C(C)C)cc1. The lowest BCUT2D eigenvalue weighted by molar-refractivity contribution is -0.126. The Labute approximate surface area is 109 Å². The van der Waals surface area contributed by atoms with Gasteiger partial charge < -0.3 is 15.8 Å². The summed E-state index contributed by atoms with van der Waals surface area (Å²) in [6.07, 6.45) is 0. The van der Waals surface area contributed by atoms with Gasteiger partial charge in [-0.15, -0.1) is 0 Å². The van der Waals surface area contributed by atoms with E-state index in [1.165, 1.54) is 0 Å². The normalized spacial score (nSPS) is 12.3. The van der Waals surface area contributed by atoms with Gasteiger partial charge in [-0.3, -0.25) is 4.79 Å². The van der Waals surface area contributed by atoms with Crippen molar-refractivity contribution in [3.05, 3.63) is 29.8 Å². The second kappa shape index (κ2) is 7.01. The molecular weight excluding hydrogens is 228 g/mol. The van der Waals surface area contributed by atoms with Gasteiger partial charge in [-0.1, -0.05) is 26.0 Å². The van der Waals surface area contributed by atoms with Crippen molar-refractivity contribution in [2.24, 2.45) is 17.6 Å². The molecular formula is C14H22N2O2. The molecule has 3 N–H and O–H groups in total. The maximum atomic E-state index is 11.9. The minimum Gasteiger partial charge on any atom is -0.497 e. The van der Waals surface area contributed by atoms with Crippen LogP contribution in [0.15, 0.2) is 24.3 Å². The zero-order valence-corrected chi connectivity index (χ0v) is 11.3. The molecule has 18 heavy (non-hydrogen) atoms. The van der Waals surface area contributed by atoms with E-state index in [1.54, 1.807) is 7.11 Å². The zero-order valence-electron chi connectivity index (χ0n) is 11.3. The number of methoxy groups -OCH3 is 1. The molecule has 0 fully saturated rings. The number of ether oxygens (including phenoxy) is 1. The Kier molecular flexibility index (Phi) is 5.65. The topological polar surface area (TPSA) is 64.3 Å². The van der Waals surface area contributed by atoms with Crippen molar-refractivity contribution in [2.45, 2.75) is 20.4 Å². The largest absolute Gasteiger partial charge is 0.497 e. The molecule has 0 aromatic heterocycles. The minimum absolute atomic E-state index is 0.0170. The number of benzene rings is 1. The first kappa shape index (κ1) is 14.5. The van der Waals surface area contributed by atoms with Crippen LogP contribution in [0.2, 0.25) is 0 Å². The molecule has 4 nitrogen and oxygen atoms in total. The van der Waals surface area contributed by atoms with Crippen molar-refractivity contribution >= 4 is 5.91 Å². The quantitative estimate of drug-likeness (QED) is 0.805. The monoisotopic (exact) mass is 250 g/mol. The van der Waals surface area contributed by atoms with E-state index in [2.05, 4.69) is 5.32 Å². The number of nitrogens with one attached hydrogen (secondary N) is 1. The number of carbonyl (C=O) groups excluding carboxylic acids is 1. The van der Waals surface area contributed by atoms with Crippen molar-refractivity contribution in [3.63, 3.8) is 0 Å². The van der Waals surface area contributed by atoms with Gasteiger partial charge in [0.15, 0.2) is 0 Å². The average molecular weight is 250 g/mol. The Bertz CT molecular complexity index is 374. The first-order valence-corrected chi connectivity index (χ1v) is 6.19. The molecule has 0 aliphatic rings. The Hall–Kier alpha value is -1.55. The fourth-order valence-electron chi connectivity index (χ4n) is 1.75. The number of hydrogen-bond acceptors (Lipinski definition) is 3. The maximum Gasteiger partial charge on any atom is 0.224 e. The molecule has 0 radical (unpaired) electrons. The van der Waals surface area contributed by atoms with E-state index in [-0.39, 0.29) is 17.7 Å². The number of carbonyl (C=O) groups is 1. The van der Waals surface area contributed by atoms with Crippen LogP contribution in [-0.4, -0.2) is 19.6 Å². The number of rotatable bonds is 6. The Morgan fingerprint density at radius 1 is 1.33 bits per heavy atom.